The number of hydrogen-bond donors (Lipinski definition) is 3. The Hall–Kier alpha value is -2.76. The molecular formula is C19H33N5O7. The molecule has 1 rings (SSSR count). The SMILES string of the molecule is CC(C)(C)OC(=O)NCC(CNC(=O)OC(C)(C)C)CC(O)CC1([N+](=O)[O-])N=CC=N1. The third-order valence-electron chi connectivity index (χ3n) is 3.90. The van der Waals surface area contributed by atoms with Gasteiger partial charge in [-0.1, -0.05) is 0 Å². The first-order chi connectivity index (χ1) is 14.1. The lowest BCUT2D eigenvalue weighted by Crippen LogP contribution is -2.42. The molecular weight excluding hydrogens is 410 g/mol. The van der Waals surface area contributed by atoms with Crippen LogP contribution in [0.3, 0.4) is 0 Å². The van der Waals surface area contributed by atoms with E-state index in [9.17, 15) is 24.8 Å². The van der Waals surface area contributed by atoms with Crippen LogP contribution in [0.5, 0.6) is 0 Å². The van der Waals surface area contributed by atoms with Crippen LogP contribution in [-0.4, -0.2) is 70.8 Å². The molecule has 0 aromatic heterocycles. The minimum absolute atomic E-state index is 0.0340. The number of nitrogens with zero attached hydrogens (tertiary/aromatic N) is 3. The molecule has 0 spiro atoms. The van der Waals surface area contributed by atoms with Crippen LogP contribution in [0.2, 0.25) is 0 Å². The van der Waals surface area contributed by atoms with Crippen molar-refractivity contribution in [1.29, 1.82) is 0 Å². The topological polar surface area (TPSA) is 165 Å². The van der Waals surface area contributed by atoms with E-state index in [4.69, 9.17) is 9.47 Å². The molecule has 0 aromatic rings. The Bertz CT molecular complexity index is 665. The van der Waals surface area contributed by atoms with E-state index in [1.54, 1.807) is 41.5 Å². The van der Waals surface area contributed by atoms with Crippen molar-refractivity contribution in [2.24, 2.45) is 15.9 Å². The summed E-state index contributed by atoms with van der Waals surface area (Å²) in [7, 11) is 0. The van der Waals surface area contributed by atoms with Gasteiger partial charge in [-0.05, 0) is 53.9 Å². The Labute approximate surface area is 181 Å². The fourth-order valence-electron chi connectivity index (χ4n) is 2.72. The highest BCUT2D eigenvalue weighted by molar-refractivity contribution is 6.17. The second-order valence-corrected chi connectivity index (χ2v) is 9.31. The number of amides is 2. The van der Waals surface area contributed by atoms with E-state index in [2.05, 4.69) is 20.6 Å². The molecule has 176 valence electrons. The number of alkyl carbamates (subject to hydrolysis) is 2. The Kier molecular flexibility index (Phi) is 8.91. The number of hydrogen-bond acceptors (Lipinski definition) is 9. The van der Waals surface area contributed by atoms with Gasteiger partial charge in [0.1, 0.15) is 11.2 Å². The molecule has 0 aliphatic carbocycles. The van der Waals surface area contributed by atoms with Crippen molar-refractivity contribution in [2.45, 2.75) is 77.5 Å². The maximum atomic E-state index is 12.0. The van der Waals surface area contributed by atoms with E-state index in [-0.39, 0.29) is 25.9 Å². The molecule has 0 aromatic carbocycles. The molecule has 1 atom stereocenters. The average molecular weight is 444 g/mol. The van der Waals surface area contributed by atoms with E-state index in [1.165, 1.54) is 12.4 Å². The molecule has 1 aliphatic rings. The average Bonchev–Trinajstić information content (AvgIpc) is 3.04. The summed E-state index contributed by atoms with van der Waals surface area (Å²) in [6.45, 7) is 10.4. The minimum atomic E-state index is -1.96. The van der Waals surface area contributed by atoms with Crippen LogP contribution in [0.4, 0.5) is 9.59 Å². The van der Waals surface area contributed by atoms with E-state index in [0.29, 0.717) is 0 Å². The molecule has 0 bridgehead atoms. The van der Waals surface area contributed by atoms with Crippen LogP contribution >= 0.6 is 0 Å². The fraction of sp³-hybridized carbons (Fsp3) is 0.789. The Morgan fingerprint density at radius 1 is 1.03 bits per heavy atom. The second kappa shape index (κ2) is 10.5. The molecule has 31 heavy (non-hydrogen) atoms. The summed E-state index contributed by atoms with van der Waals surface area (Å²) < 4.78 is 10.4. The number of aliphatic hydroxyl groups is 1. The quantitative estimate of drug-likeness (QED) is 0.361. The van der Waals surface area contributed by atoms with Gasteiger partial charge in [0.15, 0.2) is 0 Å². The smallest absolute Gasteiger partial charge is 0.414 e. The van der Waals surface area contributed by atoms with Crippen molar-refractivity contribution in [3.63, 3.8) is 0 Å². The summed E-state index contributed by atoms with van der Waals surface area (Å²) in [6, 6.07) is 0. The summed E-state index contributed by atoms with van der Waals surface area (Å²) in [5.41, 5.74) is -1.38. The molecule has 0 radical (unpaired) electrons. The van der Waals surface area contributed by atoms with Gasteiger partial charge in [0.05, 0.1) is 17.4 Å². The van der Waals surface area contributed by atoms with Gasteiger partial charge in [0, 0.05) is 25.5 Å². The number of aliphatic imine (C=N–C) groups is 2. The zero-order chi connectivity index (χ0) is 23.9. The van der Waals surface area contributed by atoms with Gasteiger partial charge in [0.2, 0.25) is 0 Å². The highest BCUT2D eigenvalue weighted by Gasteiger charge is 2.45. The number of carbonyl (C=O) groups is 2. The predicted octanol–water partition coefficient (Wildman–Crippen LogP) is 1.88. The summed E-state index contributed by atoms with van der Waals surface area (Å²) in [4.78, 5) is 42.1. The standard InChI is InChI=1S/C19H33N5O7/c1-17(2,3)30-15(26)20-11-13(12-21-16(27)31-18(4,5)6)9-14(25)10-19(24(28)29)22-7-8-23-19/h7-8,13-14,25H,9-12H2,1-6H3,(H,20,26)(H,21,27). The number of carbonyl (C=O) groups excluding carboxylic acids is 2. The van der Waals surface area contributed by atoms with E-state index < -0.39 is 46.1 Å². The first-order valence-corrected chi connectivity index (χ1v) is 9.97. The van der Waals surface area contributed by atoms with Crippen molar-refractivity contribution in [3.05, 3.63) is 10.1 Å². The second-order valence-electron chi connectivity index (χ2n) is 9.31. The third kappa shape index (κ3) is 10.2. The zero-order valence-electron chi connectivity index (χ0n) is 18.9. The van der Waals surface area contributed by atoms with Crippen molar-refractivity contribution >= 4 is 24.6 Å². The molecule has 12 heteroatoms. The molecule has 1 aliphatic heterocycles. The largest absolute Gasteiger partial charge is 0.444 e. The van der Waals surface area contributed by atoms with Crippen molar-refractivity contribution in [1.82, 2.24) is 10.6 Å². The molecule has 1 heterocycles. The Balaban J connectivity index is 2.75. The summed E-state index contributed by atoms with van der Waals surface area (Å²) >= 11 is 0. The van der Waals surface area contributed by atoms with Gasteiger partial charge in [-0.3, -0.25) is 10.1 Å². The first kappa shape index (κ1) is 26.3. The first-order valence-electron chi connectivity index (χ1n) is 9.97. The van der Waals surface area contributed by atoms with Gasteiger partial charge >= 0.3 is 18.0 Å². The number of rotatable bonds is 9. The molecule has 1 unspecified atom stereocenters. The molecule has 12 nitrogen and oxygen atoms in total. The van der Waals surface area contributed by atoms with Crippen molar-refractivity contribution < 1.29 is 29.1 Å². The summed E-state index contributed by atoms with van der Waals surface area (Å²) in [5.74, 6) is -2.42. The number of nitro groups is 1. The predicted molar refractivity (Wildman–Crippen MR) is 114 cm³/mol. The van der Waals surface area contributed by atoms with E-state index in [0.717, 1.165) is 0 Å². The normalized spacial score (nSPS) is 16.1. The molecule has 0 saturated heterocycles. The highest BCUT2D eigenvalue weighted by atomic mass is 16.6. The van der Waals surface area contributed by atoms with E-state index in [1.807, 2.05) is 0 Å². The number of aliphatic hydroxyl groups excluding tert-OH is 1. The molecule has 3 N–H and O–H groups in total. The molecule has 2 amide bonds. The van der Waals surface area contributed by atoms with Gasteiger partial charge < -0.3 is 25.2 Å². The third-order valence-corrected chi connectivity index (χ3v) is 3.90. The van der Waals surface area contributed by atoms with Crippen LogP contribution in [0, 0.1) is 16.0 Å². The molecule has 0 saturated carbocycles. The van der Waals surface area contributed by atoms with Crippen LogP contribution < -0.4 is 10.6 Å². The van der Waals surface area contributed by atoms with E-state index >= 15 is 0 Å². The van der Waals surface area contributed by atoms with Crippen LogP contribution in [0.1, 0.15) is 54.4 Å². The lowest BCUT2D eigenvalue weighted by atomic mass is 9.97. The monoisotopic (exact) mass is 443 g/mol. The Morgan fingerprint density at radius 2 is 1.45 bits per heavy atom. The summed E-state index contributed by atoms with van der Waals surface area (Å²) in [6.07, 6.45) is -0.368. The van der Waals surface area contributed by atoms with Gasteiger partial charge in [-0.2, -0.15) is 9.98 Å². The zero-order valence-corrected chi connectivity index (χ0v) is 18.9. The fourth-order valence-corrected chi connectivity index (χ4v) is 2.72. The Morgan fingerprint density at radius 3 is 1.81 bits per heavy atom. The summed E-state index contributed by atoms with van der Waals surface area (Å²) in [5, 5.41) is 27.0. The maximum Gasteiger partial charge on any atom is 0.414 e. The highest BCUT2D eigenvalue weighted by Crippen LogP contribution is 2.25. The number of nitrogens with one attached hydrogen (secondary N) is 2. The van der Waals surface area contributed by atoms with Crippen LogP contribution in [-0.2, 0) is 9.47 Å². The van der Waals surface area contributed by atoms with Crippen molar-refractivity contribution in [2.75, 3.05) is 13.1 Å². The van der Waals surface area contributed by atoms with Gasteiger partial charge in [-0.15, -0.1) is 0 Å². The van der Waals surface area contributed by atoms with Gasteiger partial charge in [-0.25, -0.2) is 9.59 Å². The van der Waals surface area contributed by atoms with Crippen LogP contribution in [0.25, 0.3) is 0 Å². The maximum absolute atomic E-state index is 12.0. The molecule has 0 fully saturated rings. The minimum Gasteiger partial charge on any atom is -0.444 e. The lowest BCUT2D eigenvalue weighted by Gasteiger charge is -2.25. The van der Waals surface area contributed by atoms with Crippen LogP contribution in [0.15, 0.2) is 9.98 Å². The number of ether oxygens (including phenoxy) is 2. The van der Waals surface area contributed by atoms with Crippen molar-refractivity contribution in [3.8, 4) is 0 Å². The lowest BCUT2D eigenvalue weighted by molar-refractivity contribution is -0.568. The van der Waals surface area contributed by atoms with Gasteiger partial charge in [0.25, 0.3) is 0 Å².